The lowest BCUT2D eigenvalue weighted by molar-refractivity contribution is -0.118. The summed E-state index contributed by atoms with van der Waals surface area (Å²) in [6, 6.07) is 24.4. The Labute approximate surface area is 169 Å². The minimum absolute atomic E-state index is 0.102. The van der Waals surface area contributed by atoms with Crippen molar-refractivity contribution in [1.29, 1.82) is 5.26 Å². The topological polar surface area (TPSA) is 62.1 Å². The molecule has 3 aromatic rings. The highest BCUT2D eigenvalue weighted by Gasteiger charge is 2.17. The predicted octanol–water partition coefficient (Wildman–Crippen LogP) is 5.32. The Bertz CT molecular complexity index is 1010. The summed E-state index contributed by atoms with van der Waals surface area (Å²) in [5.41, 5.74) is 3.09. The zero-order chi connectivity index (χ0) is 19.9. The Morgan fingerprint density at radius 3 is 2.50 bits per heavy atom. The lowest BCUT2D eigenvalue weighted by atomic mass is 9.92. The maximum absolute atomic E-state index is 12.2. The number of rotatable bonds is 6. The van der Waals surface area contributed by atoms with Gasteiger partial charge in [0.1, 0.15) is 5.75 Å². The van der Waals surface area contributed by atoms with Crippen LogP contribution in [0.4, 0.5) is 5.69 Å². The van der Waals surface area contributed by atoms with Crippen molar-refractivity contribution >= 4 is 23.2 Å². The van der Waals surface area contributed by atoms with Gasteiger partial charge in [-0.05, 0) is 41.8 Å². The van der Waals surface area contributed by atoms with E-state index in [1.54, 1.807) is 18.2 Å². The molecule has 5 heteroatoms. The molecule has 0 radical (unpaired) electrons. The van der Waals surface area contributed by atoms with Gasteiger partial charge in [-0.25, -0.2) is 0 Å². The quantitative estimate of drug-likeness (QED) is 0.619. The van der Waals surface area contributed by atoms with E-state index in [9.17, 15) is 10.1 Å². The number of benzene rings is 3. The van der Waals surface area contributed by atoms with Gasteiger partial charge in [0.15, 0.2) is 6.61 Å². The number of hydrogen-bond donors (Lipinski definition) is 1. The molecule has 0 spiro atoms. The van der Waals surface area contributed by atoms with Gasteiger partial charge in [0.2, 0.25) is 0 Å². The number of ether oxygens (including phenoxy) is 1. The molecule has 1 N–H and O–H groups in total. The number of aryl methyl sites for hydroxylation is 1. The second-order valence-corrected chi connectivity index (χ2v) is 6.72. The Morgan fingerprint density at radius 2 is 1.82 bits per heavy atom. The van der Waals surface area contributed by atoms with Crippen LogP contribution < -0.4 is 10.1 Å². The average molecular weight is 391 g/mol. The first-order valence-corrected chi connectivity index (χ1v) is 9.18. The summed E-state index contributed by atoms with van der Waals surface area (Å²) in [7, 11) is 0. The summed E-state index contributed by atoms with van der Waals surface area (Å²) >= 11 is 6.40. The molecule has 0 fully saturated rings. The third-order valence-corrected chi connectivity index (χ3v) is 4.64. The van der Waals surface area contributed by atoms with Crippen molar-refractivity contribution < 1.29 is 9.53 Å². The van der Waals surface area contributed by atoms with Gasteiger partial charge in [-0.3, -0.25) is 4.79 Å². The number of para-hydroxylation sites is 1. The van der Waals surface area contributed by atoms with Crippen LogP contribution in [0.2, 0.25) is 5.02 Å². The number of nitrogens with zero attached hydrogens (tertiary/aromatic N) is 1. The highest BCUT2D eigenvalue weighted by atomic mass is 35.5. The SMILES string of the molecule is Cc1ccccc1OCC(=O)Nc1ccc(C(C#N)c2ccccc2)c(Cl)c1. The van der Waals surface area contributed by atoms with Crippen LogP contribution in [0.5, 0.6) is 5.75 Å². The lowest BCUT2D eigenvalue weighted by Crippen LogP contribution is -2.20. The monoisotopic (exact) mass is 390 g/mol. The van der Waals surface area contributed by atoms with E-state index < -0.39 is 5.92 Å². The van der Waals surface area contributed by atoms with Crippen molar-refractivity contribution in [3.63, 3.8) is 0 Å². The summed E-state index contributed by atoms with van der Waals surface area (Å²) in [4.78, 5) is 12.2. The maximum Gasteiger partial charge on any atom is 0.262 e. The van der Waals surface area contributed by atoms with Crippen molar-refractivity contribution in [3.8, 4) is 11.8 Å². The van der Waals surface area contributed by atoms with Crippen LogP contribution in [0.1, 0.15) is 22.6 Å². The fraction of sp³-hybridized carbons (Fsp3) is 0.130. The molecule has 1 atom stereocenters. The van der Waals surface area contributed by atoms with Gasteiger partial charge in [0.05, 0.1) is 12.0 Å². The van der Waals surface area contributed by atoms with E-state index in [4.69, 9.17) is 16.3 Å². The van der Waals surface area contributed by atoms with Crippen molar-refractivity contribution in [2.45, 2.75) is 12.8 Å². The summed E-state index contributed by atoms with van der Waals surface area (Å²) in [6.45, 7) is 1.82. The Kier molecular flexibility index (Phi) is 6.31. The molecular weight excluding hydrogens is 372 g/mol. The molecule has 0 aliphatic heterocycles. The molecule has 1 amide bonds. The van der Waals surface area contributed by atoms with Crippen LogP contribution in [0.3, 0.4) is 0 Å². The van der Waals surface area contributed by atoms with Crippen molar-refractivity contribution in [2.24, 2.45) is 0 Å². The molecule has 1 unspecified atom stereocenters. The Balaban J connectivity index is 1.68. The number of hydrogen-bond acceptors (Lipinski definition) is 3. The number of carbonyl (C=O) groups is 1. The first-order chi connectivity index (χ1) is 13.6. The summed E-state index contributed by atoms with van der Waals surface area (Å²) in [5.74, 6) is -0.0828. The van der Waals surface area contributed by atoms with E-state index in [0.29, 0.717) is 22.0 Å². The van der Waals surface area contributed by atoms with Crippen LogP contribution in [-0.4, -0.2) is 12.5 Å². The molecular formula is C23H19ClN2O2. The van der Waals surface area contributed by atoms with Crippen LogP contribution in [-0.2, 0) is 4.79 Å². The molecule has 28 heavy (non-hydrogen) atoms. The van der Waals surface area contributed by atoms with Gasteiger partial charge in [0, 0.05) is 10.7 Å². The largest absolute Gasteiger partial charge is 0.483 e. The fourth-order valence-corrected chi connectivity index (χ4v) is 3.16. The van der Waals surface area contributed by atoms with E-state index in [0.717, 1.165) is 11.1 Å². The van der Waals surface area contributed by atoms with E-state index in [2.05, 4.69) is 11.4 Å². The highest BCUT2D eigenvalue weighted by Crippen LogP contribution is 2.31. The van der Waals surface area contributed by atoms with Crippen LogP contribution in [0, 0.1) is 18.3 Å². The molecule has 0 saturated heterocycles. The summed E-state index contributed by atoms with van der Waals surface area (Å²) in [5, 5.41) is 12.8. The molecule has 0 bridgehead atoms. The normalized spacial score (nSPS) is 11.3. The average Bonchev–Trinajstić information content (AvgIpc) is 2.70. The molecule has 0 heterocycles. The van der Waals surface area contributed by atoms with Gasteiger partial charge >= 0.3 is 0 Å². The van der Waals surface area contributed by atoms with E-state index >= 15 is 0 Å². The second kappa shape index (κ2) is 9.07. The zero-order valence-corrected chi connectivity index (χ0v) is 16.1. The summed E-state index contributed by atoms with van der Waals surface area (Å²) in [6.07, 6.45) is 0. The highest BCUT2D eigenvalue weighted by molar-refractivity contribution is 6.31. The maximum atomic E-state index is 12.2. The third-order valence-electron chi connectivity index (χ3n) is 4.31. The van der Waals surface area contributed by atoms with E-state index in [1.807, 2.05) is 61.5 Å². The van der Waals surface area contributed by atoms with Gasteiger partial charge in [-0.15, -0.1) is 0 Å². The lowest BCUT2D eigenvalue weighted by Gasteiger charge is -2.14. The number of amides is 1. The number of carbonyl (C=O) groups excluding carboxylic acids is 1. The molecule has 140 valence electrons. The van der Waals surface area contributed by atoms with Crippen molar-refractivity contribution in [1.82, 2.24) is 0 Å². The molecule has 3 rings (SSSR count). The van der Waals surface area contributed by atoms with E-state index in [-0.39, 0.29) is 12.5 Å². The number of nitriles is 1. The Morgan fingerprint density at radius 1 is 1.11 bits per heavy atom. The molecule has 4 nitrogen and oxygen atoms in total. The van der Waals surface area contributed by atoms with Crippen molar-refractivity contribution in [3.05, 3.63) is 94.5 Å². The van der Waals surface area contributed by atoms with Gasteiger partial charge < -0.3 is 10.1 Å². The van der Waals surface area contributed by atoms with Crippen LogP contribution >= 0.6 is 11.6 Å². The molecule has 0 aliphatic carbocycles. The standard InChI is InChI=1S/C23H19ClN2O2/c1-16-7-5-6-10-22(16)28-15-23(27)26-18-11-12-19(21(24)13-18)20(14-25)17-8-3-2-4-9-17/h2-13,20H,15H2,1H3,(H,26,27). The predicted molar refractivity (Wildman–Crippen MR) is 111 cm³/mol. The molecule has 3 aromatic carbocycles. The molecule has 0 aliphatic rings. The number of halogens is 1. The number of nitrogens with one attached hydrogen (secondary N) is 1. The van der Waals surface area contributed by atoms with Gasteiger partial charge in [-0.2, -0.15) is 5.26 Å². The minimum atomic E-state index is -0.470. The van der Waals surface area contributed by atoms with Crippen LogP contribution in [0.25, 0.3) is 0 Å². The zero-order valence-electron chi connectivity index (χ0n) is 15.4. The third kappa shape index (κ3) is 4.70. The smallest absolute Gasteiger partial charge is 0.262 e. The summed E-state index contributed by atoms with van der Waals surface area (Å²) < 4.78 is 5.55. The first kappa shape index (κ1) is 19.5. The molecule has 0 saturated carbocycles. The first-order valence-electron chi connectivity index (χ1n) is 8.81. The Hall–Kier alpha value is -3.29. The van der Waals surface area contributed by atoms with Crippen LogP contribution in [0.15, 0.2) is 72.8 Å². The number of anilines is 1. The fourth-order valence-electron chi connectivity index (χ4n) is 2.87. The minimum Gasteiger partial charge on any atom is -0.483 e. The second-order valence-electron chi connectivity index (χ2n) is 6.31. The van der Waals surface area contributed by atoms with E-state index in [1.165, 1.54) is 0 Å². The van der Waals surface area contributed by atoms with Gasteiger partial charge in [-0.1, -0.05) is 66.2 Å². The van der Waals surface area contributed by atoms with Crippen molar-refractivity contribution in [2.75, 3.05) is 11.9 Å². The van der Waals surface area contributed by atoms with Gasteiger partial charge in [0.25, 0.3) is 5.91 Å². The molecule has 0 aromatic heterocycles.